The summed E-state index contributed by atoms with van der Waals surface area (Å²) >= 11 is 0. The van der Waals surface area contributed by atoms with E-state index in [0.29, 0.717) is 12.8 Å². The zero-order chi connectivity index (χ0) is 14.8. The Morgan fingerprint density at radius 1 is 1.30 bits per heavy atom. The van der Waals surface area contributed by atoms with Gasteiger partial charge in [-0.05, 0) is 31.4 Å². The van der Waals surface area contributed by atoms with E-state index in [4.69, 9.17) is 5.73 Å². The number of nitrogens with two attached hydrogens (primary N) is 1. The van der Waals surface area contributed by atoms with Gasteiger partial charge in [0, 0.05) is 6.54 Å². The minimum absolute atomic E-state index is 0.0495. The Morgan fingerprint density at radius 3 is 2.60 bits per heavy atom. The van der Waals surface area contributed by atoms with E-state index in [1.165, 1.54) is 18.2 Å². The predicted octanol–water partition coefficient (Wildman–Crippen LogP) is 3.69. The second-order valence-electron chi connectivity index (χ2n) is 5.42. The molecule has 0 saturated heterocycles. The number of hydrogen-bond acceptors (Lipinski definition) is 2. The van der Waals surface area contributed by atoms with Gasteiger partial charge in [0.15, 0.2) is 0 Å². The molecule has 0 amide bonds. The topological polar surface area (TPSA) is 38.0 Å². The molecular formula is C14H18F4N2. The minimum Gasteiger partial charge on any atom is -0.376 e. The summed E-state index contributed by atoms with van der Waals surface area (Å²) in [7, 11) is 0. The number of para-hydroxylation sites is 1. The van der Waals surface area contributed by atoms with E-state index >= 15 is 0 Å². The number of anilines is 1. The van der Waals surface area contributed by atoms with Gasteiger partial charge in [-0.25, -0.2) is 4.39 Å². The smallest absolute Gasteiger partial charge is 0.376 e. The summed E-state index contributed by atoms with van der Waals surface area (Å²) in [5.41, 5.74) is 5.01. The summed E-state index contributed by atoms with van der Waals surface area (Å²) in [5.74, 6) is -1.85. The summed E-state index contributed by atoms with van der Waals surface area (Å²) in [4.78, 5) is 0. The summed E-state index contributed by atoms with van der Waals surface area (Å²) < 4.78 is 52.3. The first-order valence-corrected chi connectivity index (χ1v) is 6.66. The van der Waals surface area contributed by atoms with Gasteiger partial charge >= 0.3 is 6.18 Å². The lowest BCUT2D eigenvalue weighted by Gasteiger charge is -2.42. The summed E-state index contributed by atoms with van der Waals surface area (Å²) in [6.07, 6.45) is -3.27. The third-order valence-corrected chi connectivity index (χ3v) is 3.97. The molecule has 6 heteroatoms. The van der Waals surface area contributed by atoms with E-state index in [9.17, 15) is 17.6 Å². The van der Waals surface area contributed by atoms with Crippen molar-refractivity contribution < 1.29 is 17.6 Å². The minimum atomic E-state index is -4.22. The monoisotopic (exact) mass is 290 g/mol. The van der Waals surface area contributed by atoms with Crippen molar-refractivity contribution in [3.8, 4) is 0 Å². The molecule has 0 radical (unpaired) electrons. The van der Waals surface area contributed by atoms with Crippen LogP contribution in [0, 0.1) is 11.7 Å². The van der Waals surface area contributed by atoms with Gasteiger partial charge in [-0.1, -0.05) is 18.6 Å². The van der Waals surface area contributed by atoms with Crippen molar-refractivity contribution in [2.24, 2.45) is 11.7 Å². The number of nitrogens with one attached hydrogen (secondary N) is 1. The molecule has 0 spiro atoms. The van der Waals surface area contributed by atoms with Crippen molar-refractivity contribution in [2.45, 2.75) is 37.4 Å². The second-order valence-corrected chi connectivity index (χ2v) is 5.42. The van der Waals surface area contributed by atoms with Crippen LogP contribution in [0.1, 0.15) is 25.7 Å². The van der Waals surface area contributed by atoms with Crippen LogP contribution in [0.4, 0.5) is 23.2 Å². The van der Waals surface area contributed by atoms with Gasteiger partial charge < -0.3 is 11.1 Å². The quantitative estimate of drug-likeness (QED) is 0.833. The van der Waals surface area contributed by atoms with Crippen LogP contribution in [-0.4, -0.2) is 18.3 Å². The Labute approximate surface area is 115 Å². The largest absolute Gasteiger partial charge is 0.391 e. The number of benzene rings is 1. The molecule has 3 N–H and O–H groups in total. The molecule has 2 nitrogen and oxygen atoms in total. The highest BCUT2D eigenvalue weighted by Gasteiger charge is 2.47. The van der Waals surface area contributed by atoms with Gasteiger partial charge in [0.1, 0.15) is 5.82 Å². The van der Waals surface area contributed by atoms with E-state index in [0.717, 1.165) is 0 Å². The van der Waals surface area contributed by atoms with Crippen LogP contribution < -0.4 is 11.1 Å². The van der Waals surface area contributed by atoms with Crippen LogP contribution in [0.15, 0.2) is 24.3 Å². The number of alkyl halides is 3. The van der Waals surface area contributed by atoms with E-state index < -0.39 is 23.5 Å². The van der Waals surface area contributed by atoms with Crippen molar-refractivity contribution in [2.75, 3.05) is 11.9 Å². The first-order valence-electron chi connectivity index (χ1n) is 6.66. The maximum Gasteiger partial charge on any atom is 0.391 e. The van der Waals surface area contributed by atoms with E-state index in [1.807, 2.05) is 0 Å². The van der Waals surface area contributed by atoms with Crippen LogP contribution in [0.3, 0.4) is 0 Å². The van der Waals surface area contributed by atoms with Gasteiger partial charge in [0.05, 0.1) is 17.1 Å². The van der Waals surface area contributed by atoms with Crippen LogP contribution in [0.2, 0.25) is 0 Å². The molecule has 2 atom stereocenters. The third-order valence-electron chi connectivity index (χ3n) is 3.97. The van der Waals surface area contributed by atoms with E-state index in [-0.39, 0.29) is 25.1 Å². The molecule has 1 aromatic carbocycles. The number of hydrogen-bond donors (Lipinski definition) is 2. The lowest BCUT2D eigenvalue weighted by molar-refractivity contribution is -0.185. The van der Waals surface area contributed by atoms with Crippen LogP contribution in [0.25, 0.3) is 0 Å². The standard InChI is InChI=1S/C14H18F4N2/c15-11-5-1-2-6-12(11)20-13(9-19)7-3-4-10(8-13)14(16,17)18/h1-2,5-6,10,20H,3-4,7-9,19H2. The Bertz CT molecular complexity index is 461. The lowest BCUT2D eigenvalue weighted by Crippen LogP contribution is -2.51. The number of halogens is 4. The van der Waals surface area contributed by atoms with Crippen molar-refractivity contribution >= 4 is 5.69 Å². The van der Waals surface area contributed by atoms with Crippen molar-refractivity contribution in [1.29, 1.82) is 0 Å². The Morgan fingerprint density at radius 2 is 2.00 bits per heavy atom. The zero-order valence-corrected chi connectivity index (χ0v) is 11.0. The fourth-order valence-corrected chi connectivity index (χ4v) is 2.84. The highest BCUT2D eigenvalue weighted by atomic mass is 19.4. The number of rotatable bonds is 3. The molecule has 1 saturated carbocycles. The van der Waals surface area contributed by atoms with Crippen LogP contribution >= 0.6 is 0 Å². The molecule has 1 aromatic rings. The highest BCUT2D eigenvalue weighted by molar-refractivity contribution is 5.47. The molecule has 2 rings (SSSR count). The molecule has 20 heavy (non-hydrogen) atoms. The van der Waals surface area contributed by atoms with E-state index in [2.05, 4.69) is 5.32 Å². The van der Waals surface area contributed by atoms with Crippen molar-refractivity contribution in [3.05, 3.63) is 30.1 Å². The molecule has 112 valence electrons. The maximum atomic E-state index is 13.7. The molecule has 0 aromatic heterocycles. The fourth-order valence-electron chi connectivity index (χ4n) is 2.84. The molecular weight excluding hydrogens is 272 g/mol. The van der Waals surface area contributed by atoms with Crippen LogP contribution in [-0.2, 0) is 0 Å². The molecule has 2 unspecified atom stereocenters. The summed E-state index contributed by atoms with van der Waals surface area (Å²) in [6, 6.07) is 5.97. The van der Waals surface area contributed by atoms with Crippen molar-refractivity contribution in [1.82, 2.24) is 0 Å². The predicted molar refractivity (Wildman–Crippen MR) is 69.8 cm³/mol. The first-order chi connectivity index (χ1) is 9.36. The molecule has 0 bridgehead atoms. The zero-order valence-electron chi connectivity index (χ0n) is 11.0. The molecule has 0 aliphatic heterocycles. The molecule has 0 heterocycles. The average molecular weight is 290 g/mol. The van der Waals surface area contributed by atoms with Gasteiger partial charge in [-0.2, -0.15) is 13.2 Å². The van der Waals surface area contributed by atoms with Gasteiger partial charge in [0.25, 0.3) is 0 Å². The maximum absolute atomic E-state index is 13.7. The van der Waals surface area contributed by atoms with Crippen molar-refractivity contribution in [3.63, 3.8) is 0 Å². The van der Waals surface area contributed by atoms with E-state index in [1.54, 1.807) is 6.07 Å². The van der Waals surface area contributed by atoms with Crippen LogP contribution in [0.5, 0.6) is 0 Å². The molecule has 1 fully saturated rings. The fraction of sp³-hybridized carbons (Fsp3) is 0.571. The third kappa shape index (κ3) is 3.23. The molecule has 1 aliphatic rings. The summed E-state index contributed by atoms with van der Waals surface area (Å²) in [6.45, 7) is 0.0495. The lowest BCUT2D eigenvalue weighted by atomic mass is 9.75. The van der Waals surface area contributed by atoms with Gasteiger partial charge in [-0.3, -0.25) is 0 Å². The Kier molecular flexibility index (Phi) is 4.22. The summed E-state index contributed by atoms with van der Waals surface area (Å²) in [5, 5.41) is 2.91. The highest BCUT2D eigenvalue weighted by Crippen LogP contribution is 2.42. The SMILES string of the molecule is NCC1(Nc2ccccc2F)CCCC(C(F)(F)F)C1. The normalized spacial score (nSPS) is 27.4. The van der Waals surface area contributed by atoms with Gasteiger partial charge in [0.2, 0.25) is 0 Å². The first kappa shape index (κ1) is 15.1. The molecule has 1 aliphatic carbocycles. The Balaban J connectivity index is 2.19. The van der Waals surface area contributed by atoms with Gasteiger partial charge in [-0.15, -0.1) is 0 Å². The second kappa shape index (κ2) is 5.60. The Hall–Kier alpha value is -1.30. The average Bonchev–Trinajstić information content (AvgIpc) is 2.41.